The molecule has 7 nitrogen and oxygen atoms in total. The lowest BCUT2D eigenvalue weighted by molar-refractivity contribution is -0.137. The Kier molecular flexibility index (Phi) is 4.91. The smallest absolute Gasteiger partial charge is 0.380 e. The Labute approximate surface area is 170 Å². The molecule has 3 N–H and O–H groups in total. The minimum atomic E-state index is -4.62. The third kappa shape index (κ3) is 3.83. The number of rotatable bonds is 5. The fourth-order valence-electron chi connectivity index (χ4n) is 3.41. The molecule has 0 bridgehead atoms. The molecule has 0 unspecified atom stereocenters. The van der Waals surface area contributed by atoms with Gasteiger partial charge in [-0.1, -0.05) is 6.07 Å². The number of hydrogen-bond acceptors (Lipinski definition) is 5. The van der Waals surface area contributed by atoms with Crippen LogP contribution in [0.2, 0.25) is 0 Å². The van der Waals surface area contributed by atoms with E-state index in [1.807, 2.05) is 0 Å². The molecule has 0 radical (unpaired) electrons. The lowest BCUT2D eigenvalue weighted by Crippen LogP contribution is -2.49. The van der Waals surface area contributed by atoms with Gasteiger partial charge in [0, 0.05) is 29.9 Å². The van der Waals surface area contributed by atoms with Crippen LogP contribution in [0.15, 0.2) is 47.6 Å². The SMILES string of the molecule is N#Cc1cnc2[nH]ccc2c1NC1CC(NS(=O)(=O)c2cccc(C(F)(F)F)c2)C1. The molecular weight excluding hydrogens is 419 g/mol. The van der Waals surface area contributed by atoms with Gasteiger partial charge in [0.15, 0.2) is 0 Å². The highest BCUT2D eigenvalue weighted by molar-refractivity contribution is 7.89. The van der Waals surface area contributed by atoms with Gasteiger partial charge in [0.2, 0.25) is 10.0 Å². The molecule has 4 rings (SSSR count). The van der Waals surface area contributed by atoms with Gasteiger partial charge in [0.1, 0.15) is 11.7 Å². The molecule has 1 fully saturated rings. The van der Waals surface area contributed by atoms with Gasteiger partial charge in [-0.2, -0.15) is 18.4 Å². The van der Waals surface area contributed by atoms with E-state index in [-0.39, 0.29) is 6.04 Å². The first-order valence-electron chi connectivity index (χ1n) is 9.00. The average Bonchev–Trinajstić information content (AvgIpc) is 3.15. The summed E-state index contributed by atoms with van der Waals surface area (Å²) in [5.74, 6) is 0. The number of benzene rings is 1. The highest BCUT2D eigenvalue weighted by Gasteiger charge is 2.35. The molecule has 1 saturated carbocycles. The van der Waals surface area contributed by atoms with Gasteiger partial charge in [-0.05, 0) is 37.1 Å². The third-order valence-electron chi connectivity index (χ3n) is 4.99. The number of sulfonamides is 1. The van der Waals surface area contributed by atoms with E-state index in [4.69, 9.17) is 0 Å². The Balaban J connectivity index is 1.44. The first-order valence-corrected chi connectivity index (χ1v) is 10.5. The minimum Gasteiger partial charge on any atom is -0.380 e. The van der Waals surface area contributed by atoms with E-state index in [0.29, 0.717) is 35.8 Å². The van der Waals surface area contributed by atoms with E-state index in [1.54, 1.807) is 12.3 Å². The molecule has 1 aliphatic carbocycles. The van der Waals surface area contributed by atoms with Gasteiger partial charge in [-0.25, -0.2) is 18.1 Å². The standard InChI is InChI=1S/C19H16F3N5O2S/c20-19(21,22)12-2-1-3-15(6-12)30(28,29)27-14-7-13(8-14)26-17-11(9-23)10-25-18-16(17)4-5-24-18/h1-6,10,13-14,27H,7-8H2,(H2,24,25,26). The molecule has 1 aliphatic rings. The van der Waals surface area contributed by atoms with Crippen LogP contribution in [0.25, 0.3) is 11.0 Å². The van der Waals surface area contributed by atoms with E-state index in [1.165, 1.54) is 6.20 Å². The number of fused-ring (bicyclic) bond motifs is 1. The summed E-state index contributed by atoms with van der Waals surface area (Å²) in [6.45, 7) is 0. The fourth-order valence-corrected chi connectivity index (χ4v) is 4.72. The van der Waals surface area contributed by atoms with Crippen molar-refractivity contribution in [3.05, 3.63) is 53.9 Å². The lowest BCUT2D eigenvalue weighted by Gasteiger charge is -2.37. The van der Waals surface area contributed by atoms with Gasteiger partial charge in [0.05, 0.1) is 21.7 Å². The van der Waals surface area contributed by atoms with Crippen molar-refractivity contribution in [1.29, 1.82) is 5.26 Å². The Bertz CT molecular complexity index is 1240. The Morgan fingerprint density at radius 3 is 2.67 bits per heavy atom. The van der Waals surface area contributed by atoms with Gasteiger partial charge >= 0.3 is 6.18 Å². The zero-order valence-electron chi connectivity index (χ0n) is 15.4. The van der Waals surface area contributed by atoms with Crippen molar-refractivity contribution in [2.75, 3.05) is 5.32 Å². The normalized spacial score (nSPS) is 19.3. The summed E-state index contributed by atoms with van der Waals surface area (Å²) >= 11 is 0. The fraction of sp³-hybridized carbons (Fsp3) is 0.263. The molecule has 156 valence electrons. The maximum Gasteiger partial charge on any atom is 0.416 e. The second-order valence-electron chi connectivity index (χ2n) is 7.06. The van der Waals surface area contributed by atoms with Crippen LogP contribution in [0.1, 0.15) is 24.0 Å². The van der Waals surface area contributed by atoms with E-state index in [9.17, 15) is 26.9 Å². The Hall–Kier alpha value is -3.10. The van der Waals surface area contributed by atoms with Crippen molar-refractivity contribution in [3.63, 3.8) is 0 Å². The topological polar surface area (TPSA) is 111 Å². The quantitative estimate of drug-likeness (QED) is 0.569. The van der Waals surface area contributed by atoms with E-state index < -0.39 is 32.7 Å². The van der Waals surface area contributed by atoms with E-state index in [2.05, 4.69) is 26.1 Å². The molecule has 2 heterocycles. The maximum absolute atomic E-state index is 12.9. The molecule has 2 aromatic heterocycles. The zero-order chi connectivity index (χ0) is 21.5. The van der Waals surface area contributed by atoms with Gasteiger partial charge in [-0.3, -0.25) is 0 Å². The first-order chi connectivity index (χ1) is 14.2. The molecule has 30 heavy (non-hydrogen) atoms. The van der Waals surface area contributed by atoms with Crippen molar-refractivity contribution in [2.24, 2.45) is 0 Å². The number of hydrogen-bond donors (Lipinski definition) is 3. The van der Waals surface area contributed by atoms with Crippen LogP contribution in [-0.2, 0) is 16.2 Å². The number of pyridine rings is 1. The van der Waals surface area contributed by atoms with Crippen molar-refractivity contribution < 1.29 is 21.6 Å². The average molecular weight is 435 g/mol. The van der Waals surface area contributed by atoms with Crippen LogP contribution >= 0.6 is 0 Å². The number of nitrogens with zero attached hydrogens (tertiary/aromatic N) is 2. The van der Waals surface area contributed by atoms with Gasteiger partial charge < -0.3 is 10.3 Å². The largest absolute Gasteiger partial charge is 0.416 e. The summed E-state index contributed by atoms with van der Waals surface area (Å²) in [7, 11) is -4.08. The van der Waals surface area contributed by atoms with Crippen molar-refractivity contribution in [1.82, 2.24) is 14.7 Å². The molecule has 3 aromatic rings. The highest BCUT2D eigenvalue weighted by Crippen LogP contribution is 2.33. The summed E-state index contributed by atoms with van der Waals surface area (Å²) in [4.78, 5) is 6.69. The van der Waals surface area contributed by atoms with Crippen molar-refractivity contribution >= 4 is 26.7 Å². The van der Waals surface area contributed by atoms with Crippen LogP contribution in [0, 0.1) is 11.3 Å². The Morgan fingerprint density at radius 2 is 1.97 bits per heavy atom. The number of nitrogens with one attached hydrogen (secondary N) is 3. The molecule has 0 aliphatic heterocycles. The number of H-pyrrole nitrogens is 1. The molecule has 0 saturated heterocycles. The van der Waals surface area contributed by atoms with Crippen LogP contribution in [-0.4, -0.2) is 30.5 Å². The lowest BCUT2D eigenvalue weighted by atomic mass is 9.87. The highest BCUT2D eigenvalue weighted by atomic mass is 32.2. The summed E-state index contributed by atoms with van der Waals surface area (Å²) in [5, 5.41) is 13.3. The van der Waals surface area contributed by atoms with Crippen molar-refractivity contribution in [2.45, 2.75) is 36.0 Å². The second-order valence-corrected chi connectivity index (χ2v) is 8.77. The number of aromatic amines is 1. The van der Waals surface area contributed by atoms with Gasteiger partial charge in [0.25, 0.3) is 0 Å². The molecule has 11 heteroatoms. The van der Waals surface area contributed by atoms with Crippen molar-refractivity contribution in [3.8, 4) is 6.07 Å². The molecule has 0 amide bonds. The zero-order valence-corrected chi connectivity index (χ0v) is 16.2. The number of aromatic nitrogens is 2. The summed E-state index contributed by atoms with van der Waals surface area (Å²) in [6, 6.07) is 7.00. The monoisotopic (exact) mass is 435 g/mol. The molecule has 0 atom stereocenters. The predicted molar refractivity (Wildman–Crippen MR) is 103 cm³/mol. The molecular formula is C19H16F3N5O2S. The second kappa shape index (κ2) is 7.30. The van der Waals surface area contributed by atoms with Crippen LogP contribution in [0.4, 0.5) is 18.9 Å². The van der Waals surface area contributed by atoms with E-state index in [0.717, 1.165) is 23.6 Å². The molecule has 0 spiro atoms. The van der Waals surface area contributed by atoms with Gasteiger partial charge in [-0.15, -0.1) is 0 Å². The number of alkyl halides is 3. The summed E-state index contributed by atoms with van der Waals surface area (Å²) in [6.07, 6.45) is -0.609. The minimum absolute atomic E-state index is 0.0909. The summed E-state index contributed by atoms with van der Waals surface area (Å²) < 4.78 is 65.9. The first kappa shape index (κ1) is 20.2. The van der Waals surface area contributed by atoms with Crippen LogP contribution < -0.4 is 10.0 Å². The molecule has 1 aromatic carbocycles. The predicted octanol–water partition coefficient (Wildman–Crippen LogP) is 3.37. The number of halogens is 3. The Morgan fingerprint density at radius 1 is 1.20 bits per heavy atom. The van der Waals surface area contributed by atoms with E-state index >= 15 is 0 Å². The summed E-state index contributed by atoms with van der Waals surface area (Å²) in [5.41, 5.74) is 0.594. The van der Waals surface area contributed by atoms with Crippen LogP contribution in [0.5, 0.6) is 0 Å². The number of nitriles is 1. The number of anilines is 1. The van der Waals surface area contributed by atoms with Crippen LogP contribution in [0.3, 0.4) is 0 Å². The maximum atomic E-state index is 12.9. The third-order valence-corrected chi connectivity index (χ3v) is 6.51.